The van der Waals surface area contributed by atoms with E-state index in [1.54, 1.807) is 7.11 Å². The second-order valence-corrected chi connectivity index (χ2v) is 8.50. The number of hydrogen-bond donors (Lipinski definition) is 0. The van der Waals surface area contributed by atoms with Gasteiger partial charge < -0.3 is 4.74 Å². The first-order valence-corrected chi connectivity index (χ1v) is 10.7. The minimum absolute atomic E-state index is 0.0203. The summed E-state index contributed by atoms with van der Waals surface area (Å²) in [5.74, 6) is 1.38. The molecule has 3 rings (SSSR count). The molecular formula is C24H26ClF3O2. The normalized spacial score (nSPS) is 19.5. The van der Waals surface area contributed by atoms with E-state index in [0.29, 0.717) is 5.92 Å². The molecule has 1 aliphatic rings. The number of carbonyl (C=O) groups excluding carboxylic acids is 1. The van der Waals surface area contributed by atoms with E-state index in [0.717, 1.165) is 62.5 Å². The minimum Gasteiger partial charge on any atom is -0.497 e. The SMILES string of the molecule is COc1ccc(CCC2CCC(CC(=O)c3cc(C(F)(F)F)ccc3Cl)CC2)cc1. The number of benzene rings is 2. The van der Waals surface area contributed by atoms with Crippen LogP contribution in [0.2, 0.25) is 5.02 Å². The van der Waals surface area contributed by atoms with Gasteiger partial charge >= 0.3 is 6.18 Å². The first-order chi connectivity index (χ1) is 14.3. The molecular weight excluding hydrogens is 413 g/mol. The zero-order chi connectivity index (χ0) is 21.7. The smallest absolute Gasteiger partial charge is 0.416 e. The molecule has 0 amide bonds. The van der Waals surface area contributed by atoms with Crippen LogP contribution in [-0.2, 0) is 12.6 Å². The molecule has 0 saturated heterocycles. The van der Waals surface area contributed by atoms with Gasteiger partial charge in [-0.1, -0.05) is 36.6 Å². The highest BCUT2D eigenvalue weighted by molar-refractivity contribution is 6.34. The average Bonchev–Trinajstić information content (AvgIpc) is 2.73. The number of alkyl halides is 3. The van der Waals surface area contributed by atoms with Crippen LogP contribution in [0.5, 0.6) is 5.75 Å². The number of aryl methyl sites for hydroxylation is 1. The molecule has 0 atom stereocenters. The van der Waals surface area contributed by atoms with Crippen LogP contribution < -0.4 is 4.74 Å². The fourth-order valence-electron chi connectivity index (χ4n) is 4.17. The van der Waals surface area contributed by atoms with Gasteiger partial charge in [0.15, 0.2) is 5.78 Å². The van der Waals surface area contributed by atoms with Crippen LogP contribution >= 0.6 is 11.6 Å². The third-order valence-electron chi connectivity index (χ3n) is 6.03. The number of carbonyl (C=O) groups is 1. The Morgan fingerprint density at radius 2 is 1.67 bits per heavy atom. The zero-order valence-corrected chi connectivity index (χ0v) is 17.7. The highest BCUT2D eigenvalue weighted by Crippen LogP contribution is 2.36. The van der Waals surface area contributed by atoms with Gasteiger partial charge in [0.1, 0.15) is 5.75 Å². The summed E-state index contributed by atoms with van der Waals surface area (Å²) in [4.78, 5) is 12.6. The van der Waals surface area contributed by atoms with Gasteiger partial charge in [0.2, 0.25) is 0 Å². The molecule has 0 unspecified atom stereocenters. The molecule has 2 aromatic carbocycles. The lowest BCUT2D eigenvalue weighted by Gasteiger charge is -2.28. The van der Waals surface area contributed by atoms with Gasteiger partial charge in [-0.2, -0.15) is 13.2 Å². The van der Waals surface area contributed by atoms with E-state index in [9.17, 15) is 18.0 Å². The predicted molar refractivity (Wildman–Crippen MR) is 112 cm³/mol. The molecule has 2 aromatic rings. The molecule has 1 fully saturated rings. The summed E-state index contributed by atoms with van der Waals surface area (Å²) in [5.41, 5.74) is 0.429. The van der Waals surface area contributed by atoms with Crippen LogP contribution in [-0.4, -0.2) is 12.9 Å². The molecule has 0 N–H and O–H groups in total. The Labute approximate surface area is 180 Å². The number of rotatable bonds is 7. The maximum absolute atomic E-state index is 12.9. The molecule has 1 saturated carbocycles. The van der Waals surface area contributed by atoms with E-state index in [1.807, 2.05) is 12.1 Å². The van der Waals surface area contributed by atoms with Crippen molar-refractivity contribution in [1.82, 2.24) is 0 Å². The first-order valence-electron chi connectivity index (χ1n) is 10.3. The summed E-state index contributed by atoms with van der Waals surface area (Å²) in [6.45, 7) is 0. The lowest BCUT2D eigenvalue weighted by atomic mass is 9.77. The van der Waals surface area contributed by atoms with Gasteiger partial charge in [-0.15, -0.1) is 0 Å². The molecule has 30 heavy (non-hydrogen) atoms. The summed E-state index contributed by atoms with van der Waals surface area (Å²) in [7, 11) is 1.65. The fourth-order valence-corrected chi connectivity index (χ4v) is 4.40. The summed E-state index contributed by atoms with van der Waals surface area (Å²) < 4.78 is 44.0. The van der Waals surface area contributed by atoms with Crippen molar-refractivity contribution in [1.29, 1.82) is 0 Å². The van der Waals surface area contributed by atoms with E-state index in [2.05, 4.69) is 12.1 Å². The minimum atomic E-state index is -4.48. The van der Waals surface area contributed by atoms with Crippen molar-refractivity contribution in [3.05, 3.63) is 64.2 Å². The maximum Gasteiger partial charge on any atom is 0.416 e. The maximum atomic E-state index is 12.9. The molecule has 0 heterocycles. The Bertz CT molecular complexity index is 854. The molecule has 0 radical (unpaired) electrons. The lowest BCUT2D eigenvalue weighted by molar-refractivity contribution is -0.137. The number of ketones is 1. The van der Waals surface area contributed by atoms with Gasteiger partial charge in [-0.3, -0.25) is 4.79 Å². The largest absolute Gasteiger partial charge is 0.497 e. The third kappa shape index (κ3) is 6.00. The van der Waals surface area contributed by atoms with Crippen molar-refractivity contribution in [2.75, 3.05) is 7.11 Å². The topological polar surface area (TPSA) is 26.3 Å². The predicted octanol–water partition coefficient (Wildman–Crippen LogP) is 7.38. The van der Waals surface area contributed by atoms with Crippen LogP contribution in [0, 0.1) is 11.8 Å². The van der Waals surface area contributed by atoms with Gasteiger partial charge in [0.25, 0.3) is 0 Å². The van der Waals surface area contributed by atoms with Crippen molar-refractivity contribution in [2.24, 2.45) is 11.8 Å². The summed E-state index contributed by atoms with van der Waals surface area (Å²) in [6.07, 6.45) is 1.83. The standard InChI is InChI=1S/C24H26ClF3O2/c1-30-20-11-8-17(9-12-20)3-2-16-4-6-18(7-5-16)14-23(29)21-15-19(24(26,27)28)10-13-22(21)25/h8-13,15-16,18H,2-7,14H2,1H3. The Balaban J connectivity index is 1.49. The molecule has 0 spiro atoms. The number of Topliss-reactive ketones (excluding diaryl/α,β-unsaturated/α-hetero) is 1. The number of hydrogen-bond acceptors (Lipinski definition) is 2. The number of methoxy groups -OCH3 is 1. The number of ether oxygens (including phenoxy) is 1. The van der Waals surface area contributed by atoms with Crippen LogP contribution in [0.15, 0.2) is 42.5 Å². The molecule has 1 aliphatic carbocycles. The molecule has 162 valence electrons. The molecule has 0 aromatic heterocycles. The van der Waals surface area contributed by atoms with Crippen molar-refractivity contribution < 1.29 is 22.7 Å². The van der Waals surface area contributed by atoms with Crippen molar-refractivity contribution in [3.63, 3.8) is 0 Å². The number of halogens is 4. The summed E-state index contributed by atoms with van der Waals surface area (Å²) >= 11 is 6.00. The van der Waals surface area contributed by atoms with E-state index in [-0.39, 0.29) is 28.7 Å². The van der Waals surface area contributed by atoms with Crippen LogP contribution in [0.4, 0.5) is 13.2 Å². The quantitative estimate of drug-likeness (QED) is 0.421. The Hall–Kier alpha value is -2.01. The Morgan fingerprint density at radius 1 is 1.03 bits per heavy atom. The van der Waals surface area contributed by atoms with Crippen molar-refractivity contribution in [3.8, 4) is 5.75 Å². The molecule has 6 heteroatoms. The van der Waals surface area contributed by atoms with E-state index >= 15 is 0 Å². The van der Waals surface area contributed by atoms with E-state index < -0.39 is 11.7 Å². The van der Waals surface area contributed by atoms with Gasteiger partial charge in [-0.25, -0.2) is 0 Å². The second-order valence-electron chi connectivity index (χ2n) is 8.09. The third-order valence-corrected chi connectivity index (χ3v) is 6.36. The molecule has 0 aliphatic heterocycles. The lowest BCUT2D eigenvalue weighted by Crippen LogP contribution is -2.18. The van der Waals surface area contributed by atoms with Crippen LogP contribution in [0.1, 0.15) is 60.0 Å². The second kappa shape index (κ2) is 9.86. The van der Waals surface area contributed by atoms with Crippen molar-refractivity contribution in [2.45, 2.75) is 51.1 Å². The molecule has 2 nitrogen and oxygen atoms in total. The average molecular weight is 439 g/mol. The summed E-state index contributed by atoms with van der Waals surface area (Å²) in [5, 5.41) is 0.0844. The van der Waals surface area contributed by atoms with Gasteiger partial charge in [0, 0.05) is 12.0 Å². The van der Waals surface area contributed by atoms with E-state index in [1.165, 1.54) is 5.56 Å². The first kappa shape index (κ1) is 22.7. The van der Waals surface area contributed by atoms with E-state index in [4.69, 9.17) is 16.3 Å². The van der Waals surface area contributed by atoms with Crippen LogP contribution in [0.3, 0.4) is 0 Å². The highest BCUT2D eigenvalue weighted by atomic mass is 35.5. The van der Waals surface area contributed by atoms with Crippen LogP contribution in [0.25, 0.3) is 0 Å². The fraction of sp³-hybridized carbons (Fsp3) is 0.458. The van der Waals surface area contributed by atoms with Gasteiger partial charge in [-0.05, 0) is 73.4 Å². The highest BCUT2D eigenvalue weighted by Gasteiger charge is 2.32. The van der Waals surface area contributed by atoms with Gasteiger partial charge in [0.05, 0.1) is 17.7 Å². The Kier molecular flexibility index (Phi) is 7.45. The summed E-state index contributed by atoms with van der Waals surface area (Å²) in [6, 6.07) is 11.1. The Morgan fingerprint density at radius 3 is 2.27 bits per heavy atom. The molecule has 0 bridgehead atoms. The zero-order valence-electron chi connectivity index (χ0n) is 17.0. The monoisotopic (exact) mass is 438 g/mol. The van der Waals surface area contributed by atoms with Crippen molar-refractivity contribution >= 4 is 17.4 Å².